The lowest BCUT2D eigenvalue weighted by molar-refractivity contribution is -0.122. The van der Waals surface area contributed by atoms with Crippen LogP contribution in [0.2, 0.25) is 0 Å². The van der Waals surface area contributed by atoms with E-state index in [1.807, 2.05) is 16.9 Å². The number of hydrogen-bond donors (Lipinski definition) is 2. The van der Waals surface area contributed by atoms with Gasteiger partial charge in [-0.25, -0.2) is 4.79 Å². The number of nitrogens with zero attached hydrogens (tertiary/aromatic N) is 2. The fraction of sp³-hybridized carbons (Fsp3) is 0.615. The number of amides is 2. The monoisotopic (exact) mass is 280 g/mol. The maximum Gasteiger partial charge on any atom is 0.407 e. The summed E-state index contributed by atoms with van der Waals surface area (Å²) in [5.74, 6) is -0.206. The van der Waals surface area contributed by atoms with Crippen LogP contribution in [0.25, 0.3) is 0 Å². The van der Waals surface area contributed by atoms with E-state index in [4.69, 9.17) is 0 Å². The van der Waals surface area contributed by atoms with Crippen molar-refractivity contribution in [2.45, 2.75) is 32.4 Å². The second-order valence-corrected chi connectivity index (χ2v) is 5.28. The fourth-order valence-corrected chi connectivity index (χ4v) is 2.03. The van der Waals surface area contributed by atoms with Crippen LogP contribution in [0.1, 0.15) is 19.8 Å². The molecule has 1 aromatic heterocycles. The molecule has 0 unspecified atom stereocenters. The third-order valence-electron chi connectivity index (χ3n) is 3.56. The molecule has 0 bridgehead atoms. The smallest absolute Gasteiger partial charge is 0.407 e. The lowest BCUT2D eigenvalue weighted by Gasteiger charge is -2.18. The van der Waals surface area contributed by atoms with Crippen molar-refractivity contribution in [2.75, 3.05) is 13.7 Å². The summed E-state index contributed by atoms with van der Waals surface area (Å²) in [6.07, 6.45) is 5.21. The molecule has 1 fully saturated rings. The van der Waals surface area contributed by atoms with Gasteiger partial charge in [-0.2, -0.15) is 5.10 Å². The predicted octanol–water partition coefficient (Wildman–Crippen LogP) is 0.524. The first-order chi connectivity index (χ1) is 9.54. The predicted molar refractivity (Wildman–Crippen MR) is 71.9 cm³/mol. The van der Waals surface area contributed by atoms with E-state index < -0.39 is 12.1 Å². The molecule has 1 aliphatic carbocycles. The zero-order valence-electron chi connectivity index (χ0n) is 11.8. The highest BCUT2D eigenvalue weighted by atomic mass is 16.5. The highest BCUT2D eigenvalue weighted by Gasteiger charge is 2.43. The molecule has 1 saturated carbocycles. The van der Waals surface area contributed by atoms with Crippen LogP contribution < -0.4 is 10.6 Å². The largest absolute Gasteiger partial charge is 0.453 e. The van der Waals surface area contributed by atoms with Crippen molar-refractivity contribution < 1.29 is 14.3 Å². The van der Waals surface area contributed by atoms with Crippen molar-refractivity contribution in [1.29, 1.82) is 0 Å². The Balaban J connectivity index is 1.77. The van der Waals surface area contributed by atoms with Crippen molar-refractivity contribution in [1.82, 2.24) is 20.4 Å². The van der Waals surface area contributed by atoms with Gasteiger partial charge in [-0.05, 0) is 25.8 Å². The van der Waals surface area contributed by atoms with E-state index in [0.717, 1.165) is 19.4 Å². The van der Waals surface area contributed by atoms with E-state index in [1.54, 1.807) is 13.1 Å². The van der Waals surface area contributed by atoms with E-state index in [-0.39, 0.29) is 11.3 Å². The molecule has 2 amide bonds. The van der Waals surface area contributed by atoms with Crippen LogP contribution in [0.5, 0.6) is 0 Å². The summed E-state index contributed by atoms with van der Waals surface area (Å²) in [5, 5.41) is 9.50. The van der Waals surface area contributed by atoms with E-state index in [9.17, 15) is 9.59 Å². The Bertz CT molecular complexity index is 468. The Kier molecular flexibility index (Phi) is 4.26. The standard InChI is InChI=1S/C13H20N4O3/c1-10(16-12(19)20-2)11(18)14-8-13(4-5-13)9-17-7-3-6-15-17/h3,6-7,10H,4-5,8-9H2,1-2H3,(H,14,18)(H,16,19)/t10-/m0/s1. The first-order valence-electron chi connectivity index (χ1n) is 6.64. The Morgan fingerprint density at radius 3 is 2.80 bits per heavy atom. The molecule has 1 aliphatic rings. The van der Waals surface area contributed by atoms with Crippen LogP contribution in [-0.2, 0) is 16.1 Å². The fourth-order valence-electron chi connectivity index (χ4n) is 2.03. The maximum atomic E-state index is 11.9. The number of hydrogen-bond acceptors (Lipinski definition) is 4. The van der Waals surface area contributed by atoms with Crippen LogP contribution in [0.4, 0.5) is 4.79 Å². The molecule has 2 N–H and O–H groups in total. The molecule has 110 valence electrons. The molecule has 1 aromatic rings. The molecular formula is C13H20N4O3. The number of aromatic nitrogens is 2. The number of ether oxygens (including phenoxy) is 1. The number of rotatable bonds is 6. The number of alkyl carbamates (subject to hydrolysis) is 1. The van der Waals surface area contributed by atoms with E-state index in [0.29, 0.717) is 6.54 Å². The second-order valence-electron chi connectivity index (χ2n) is 5.28. The van der Waals surface area contributed by atoms with Gasteiger partial charge in [0.25, 0.3) is 0 Å². The normalized spacial score (nSPS) is 17.1. The van der Waals surface area contributed by atoms with Crippen molar-refractivity contribution in [3.63, 3.8) is 0 Å². The molecule has 7 heteroatoms. The highest BCUT2D eigenvalue weighted by molar-refractivity contribution is 5.85. The minimum Gasteiger partial charge on any atom is -0.453 e. The molecule has 0 aliphatic heterocycles. The van der Waals surface area contributed by atoms with Gasteiger partial charge in [-0.15, -0.1) is 0 Å². The van der Waals surface area contributed by atoms with Crippen LogP contribution in [0.15, 0.2) is 18.5 Å². The molecular weight excluding hydrogens is 260 g/mol. The number of methoxy groups -OCH3 is 1. The summed E-state index contributed by atoms with van der Waals surface area (Å²) in [4.78, 5) is 22.9. The van der Waals surface area contributed by atoms with Crippen molar-refractivity contribution in [3.8, 4) is 0 Å². The molecule has 0 aromatic carbocycles. The number of nitrogens with one attached hydrogen (secondary N) is 2. The Morgan fingerprint density at radius 2 is 2.25 bits per heavy atom. The maximum absolute atomic E-state index is 11.9. The summed E-state index contributed by atoms with van der Waals surface area (Å²) in [6.45, 7) is 3.03. The topological polar surface area (TPSA) is 85.2 Å². The zero-order chi connectivity index (χ0) is 14.6. The van der Waals surface area contributed by atoms with Gasteiger partial charge in [0.05, 0.1) is 7.11 Å². The number of carbonyl (C=O) groups excluding carboxylic acids is 2. The van der Waals surface area contributed by atoms with E-state index in [2.05, 4.69) is 20.5 Å². The Labute approximate surface area is 117 Å². The third-order valence-corrected chi connectivity index (χ3v) is 3.56. The SMILES string of the molecule is COC(=O)N[C@@H](C)C(=O)NCC1(Cn2cccn2)CC1. The summed E-state index contributed by atoms with van der Waals surface area (Å²) in [7, 11) is 1.27. The summed E-state index contributed by atoms with van der Waals surface area (Å²) >= 11 is 0. The Hall–Kier alpha value is -2.05. The summed E-state index contributed by atoms with van der Waals surface area (Å²) in [5.41, 5.74) is 0.104. The molecule has 7 nitrogen and oxygen atoms in total. The van der Waals surface area contributed by atoms with E-state index in [1.165, 1.54) is 7.11 Å². The van der Waals surface area contributed by atoms with Gasteiger partial charge in [-0.1, -0.05) is 0 Å². The van der Waals surface area contributed by atoms with Crippen molar-refractivity contribution >= 4 is 12.0 Å². The molecule has 20 heavy (non-hydrogen) atoms. The minimum atomic E-state index is -0.608. The first kappa shape index (κ1) is 14.4. The van der Waals surface area contributed by atoms with Gasteiger partial charge >= 0.3 is 6.09 Å². The average Bonchev–Trinajstić information content (AvgIpc) is 3.00. The molecule has 2 rings (SSSR count). The molecule has 0 saturated heterocycles. The van der Waals surface area contributed by atoms with Crippen molar-refractivity contribution in [2.24, 2.45) is 5.41 Å². The summed E-state index contributed by atoms with van der Waals surface area (Å²) in [6, 6.07) is 1.28. The van der Waals surface area contributed by atoms with Crippen LogP contribution >= 0.6 is 0 Å². The van der Waals surface area contributed by atoms with Gasteiger partial charge in [0, 0.05) is 30.9 Å². The third kappa shape index (κ3) is 3.72. The minimum absolute atomic E-state index is 0.104. The van der Waals surface area contributed by atoms with Gasteiger partial charge in [0.15, 0.2) is 0 Å². The van der Waals surface area contributed by atoms with Crippen LogP contribution in [0, 0.1) is 5.41 Å². The van der Waals surface area contributed by atoms with Gasteiger partial charge in [0.2, 0.25) is 5.91 Å². The van der Waals surface area contributed by atoms with Crippen LogP contribution in [-0.4, -0.2) is 41.5 Å². The average molecular weight is 280 g/mol. The van der Waals surface area contributed by atoms with E-state index >= 15 is 0 Å². The zero-order valence-corrected chi connectivity index (χ0v) is 11.8. The summed E-state index contributed by atoms with van der Waals surface area (Å²) < 4.78 is 6.34. The quantitative estimate of drug-likeness (QED) is 0.795. The second kappa shape index (κ2) is 5.94. The lowest BCUT2D eigenvalue weighted by Crippen LogP contribution is -2.46. The van der Waals surface area contributed by atoms with Crippen molar-refractivity contribution in [3.05, 3.63) is 18.5 Å². The molecule has 0 radical (unpaired) electrons. The van der Waals surface area contributed by atoms with Gasteiger partial charge in [-0.3, -0.25) is 9.48 Å². The number of carbonyl (C=O) groups is 2. The lowest BCUT2D eigenvalue weighted by atomic mass is 10.1. The van der Waals surface area contributed by atoms with Crippen LogP contribution in [0.3, 0.4) is 0 Å². The molecule has 0 spiro atoms. The first-order valence-corrected chi connectivity index (χ1v) is 6.64. The highest BCUT2D eigenvalue weighted by Crippen LogP contribution is 2.46. The molecule has 1 heterocycles. The van der Waals surface area contributed by atoms with Gasteiger partial charge in [0.1, 0.15) is 6.04 Å². The Morgan fingerprint density at radius 1 is 1.50 bits per heavy atom. The van der Waals surface area contributed by atoms with Gasteiger partial charge < -0.3 is 15.4 Å². The molecule has 1 atom stereocenters.